The Morgan fingerprint density at radius 2 is 2.06 bits per heavy atom. The topological polar surface area (TPSA) is 86.6 Å². The van der Waals surface area contributed by atoms with Gasteiger partial charge in [-0.3, -0.25) is 9.59 Å². The molecule has 0 amide bonds. The summed E-state index contributed by atoms with van der Waals surface area (Å²) >= 11 is 0. The second-order valence-electron chi connectivity index (χ2n) is 4.96. The molecule has 1 saturated heterocycles. The van der Waals surface area contributed by atoms with E-state index in [2.05, 4.69) is 5.32 Å². The first-order chi connectivity index (χ1) is 7.37. The van der Waals surface area contributed by atoms with Crippen LogP contribution in [0.25, 0.3) is 0 Å². The van der Waals surface area contributed by atoms with Gasteiger partial charge in [0.05, 0.1) is 0 Å². The first-order valence-electron chi connectivity index (χ1n) is 5.47. The maximum Gasteiger partial charge on any atom is 0.303 e. The standard InChI is InChI=1S/C11H19NO4/c1-11(2,9(14)6-13)8-3-7(5-12-8)4-10(15)16/h7-8,12-13H,3-6H2,1-2H3,(H,15,16)/t7-,8-/m0/s1. The molecule has 1 heterocycles. The Bertz CT molecular complexity index is 288. The second kappa shape index (κ2) is 4.93. The number of nitrogens with one attached hydrogen (secondary N) is 1. The number of rotatable bonds is 5. The number of aliphatic carboxylic acids is 1. The molecule has 2 atom stereocenters. The average Bonchev–Trinajstić information content (AvgIpc) is 2.64. The van der Waals surface area contributed by atoms with Crippen molar-refractivity contribution in [2.24, 2.45) is 11.3 Å². The van der Waals surface area contributed by atoms with Crippen molar-refractivity contribution in [3.63, 3.8) is 0 Å². The van der Waals surface area contributed by atoms with Gasteiger partial charge < -0.3 is 15.5 Å². The van der Waals surface area contributed by atoms with Gasteiger partial charge in [0.15, 0.2) is 5.78 Å². The van der Waals surface area contributed by atoms with Crippen molar-refractivity contribution in [3.05, 3.63) is 0 Å². The van der Waals surface area contributed by atoms with E-state index in [1.165, 1.54) is 0 Å². The molecule has 0 radical (unpaired) electrons. The van der Waals surface area contributed by atoms with Crippen LogP contribution in [0.1, 0.15) is 26.7 Å². The maximum absolute atomic E-state index is 11.5. The van der Waals surface area contributed by atoms with Crippen LogP contribution in [0.5, 0.6) is 0 Å². The Morgan fingerprint density at radius 3 is 2.56 bits per heavy atom. The third kappa shape index (κ3) is 2.80. The van der Waals surface area contributed by atoms with Gasteiger partial charge in [-0.25, -0.2) is 0 Å². The summed E-state index contributed by atoms with van der Waals surface area (Å²) in [6.45, 7) is 3.73. The van der Waals surface area contributed by atoms with Crippen molar-refractivity contribution in [2.75, 3.05) is 13.2 Å². The molecule has 5 heteroatoms. The molecule has 0 bridgehead atoms. The molecule has 1 fully saturated rings. The minimum Gasteiger partial charge on any atom is -0.481 e. The SMILES string of the molecule is CC(C)(C(=O)CO)[C@@H]1C[C@@H](CC(=O)O)CN1. The number of carbonyl (C=O) groups excluding carboxylic acids is 1. The number of aliphatic hydroxyl groups excluding tert-OH is 1. The van der Waals surface area contributed by atoms with Crippen LogP contribution < -0.4 is 5.32 Å². The molecule has 92 valence electrons. The fraction of sp³-hybridized carbons (Fsp3) is 0.818. The molecule has 5 nitrogen and oxygen atoms in total. The molecular formula is C11H19NO4. The van der Waals surface area contributed by atoms with Crippen LogP contribution in [0.2, 0.25) is 0 Å². The Hall–Kier alpha value is -0.940. The zero-order chi connectivity index (χ0) is 12.3. The molecular weight excluding hydrogens is 210 g/mol. The lowest BCUT2D eigenvalue weighted by atomic mass is 9.78. The largest absolute Gasteiger partial charge is 0.481 e. The highest BCUT2D eigenvalue weighted by atomic mass is 16.4. The molecule has 0 aromatic heterocycles. The monoisotopic (exact) mass is 229 g/mol. The summed E-state index contributed by atoms with van der Waals surface area (Å²) in [5.74, 6) is -0.937. The second-order valence-corrected chi connectivity index (χ2v) is 4.96. The first-order valence-corrected chi connectivity index (χ1v) is 5.47. The summed E-state index contributed by atoms with van der Waals surface area (Å²) in [6, 6.07) is -0.0449. The summed E-state index contributed by atoms with van der Waals surface area (Å²) in [4.78, 5) is 22.1. The highest BCUT2D eigenvalue weighted by Crippen LogP contribution is 2.31. The van der Waals surface area contributed by atoms with E-state index in [1.54, 1.807) is 13.8 Å². The average molecular weight is 229 g/mol. The van der Waals surface area contributed by atoms with Crippen molar-refractivity contribution in [2.45, 2.75) is 32.7 Å². The quantitative estimate of drug-likeness (QED) is 0.619. The van der Waals surface area contributed by atoms with Gasteiger partial charge in [0.2, 0.25) is 0 Å². The predicted molar refractivity (Wildman–Crippen MR) is 58.0 cm³/mol. The molecule has 3 N–H and O–H groups in total. The summed E-state index contributed by atoms with van der Waals surface area (Å²) < 4.78 is 0. The number of carbonyl (C=O) groups is 2. The van der Waals surface area contributed by atoms with E-state index in [0.717, 1.165) is 0 Å². The highest BCUT2D eigenvalue weighted by Gasteiger charge is 2.40. The van der Waals surface area contributed by atoms with Crippen molar-refractivity contribution in [1.82, 2.24) is 5.32 Å². The van der Waals surface area contributed by atoms with Gasteiger partial charge in [-0.05, 0) is 18.9 Å². The van der Waals surface area contributed by atoms with Gasteiger partial charge in [-0.15, -0.1) is 0 Å². The summed E-state index contributed by atoms with van der Waals surface area (Å²) in [5, 5.41) is 20.7. The molecule has 0 saturated carbocycles. The lowest BCUT2D eigenvalue weighted by molar-refractivity contribution is -0.137. The van der Waals surface area contributed by atoms with E-state index < -0.39 is 18.0 Å². The van der Waals surface area contributed by atoms with Crippen LogP contribution in [0.15, 0.2) is 0 Å². The normalized spacial score (nSPS) is 25.7. The lowest BCUT2D eigenvalue weighted by Gasteiger charge is -2.29. The Morgan fingerprint density at radius 1 is 1.44 bits per heavy atom. The molecule has 1 aliphatic rings. The molecule has 0 aromatic rings. The minimum atomic E-state index is -0.807. The van der Waals surface area contributed by atoms with Gasteiger partial charge in [-0.1, -0.05) is 13.8 Å². The zero-order valence-electron chi connectivity index (χ0n) is 9.69. The fourth-order valence-corrected chi connectivity index (χ4v) is 2.16. The van der Waals surface area contributed by atoms with Crippen LogP contribution in [-0.4, -0.2) is 41.2 Å². The minimum absolute atomic E-state index is 0.0449. The van der Waals surface area contributed by atoms with E-state index in [4.69, 9.17) is 10.2 Å². The number of carboxylic acid groups (broad SMARTS) is 1. The molecule has 0 aliphatic carbocycles. The van der Waals surface area contributed by atoms with Gasteiger partial charge in [0.1, 0.15) is 6.61 Å². The summed E-state index contributed by atoms with van der Waals surface area (Å²) in [6.07, 6.45) is 0.804. The van der Waals surface area contributed by atoms with Crippen LogP contribution in [-0.2, 0) is 9.59 Å². The van der Waals surface area contributed by atoms with E-state index in [-0.39, 0.29) is 24.2 Å². The van der Waals surface area contributed by atoms with Crippen molar-refractivity contribution in [3.8, 4) is 0 Å². The Kier molecular flexibility index (Phi) is 4.04. The van der Waals surface area contributed by atoms with Crippen molar-refractivity contribution in [1.29, 1.82) is 0 Å². The van der Waals surface area contributed by atoms with Gasteiger partial charge in [-0.2, -0.15) is 0 Å². The molecule has 0 spiro atoms. The first kappa shape index (κ1) is 13.1. The van der Waals surface area contributed by atoms with Crippen molar-refractivity contribution >= 4 is 11.8 Å². The van der Waals surface area contributed by atoms with E-state index in [1.807, 2.05) is 0 Å². The van der Waals surface area contributed by atoms with E-state index in [0.29, 0.717) is 13.0 Å². The molecule has 16 heavy (non-hydrogen) atoms. The third-order valence-electron chi connectivity index (χ3n) is 3.42. The van der Waals surface area contributed by atoms with Crippen LogP contribution in [0, 0.1) is 11.3 Å². The van der Waals surface area contributed by atoms with Crippen LogP contribution >= 0.6 is 0 Å². The number of aliphatic hydroxyl groups is 1. The summed E-state index contributed by atoms with van der Waals surface area (Å²) in [5.41, 5.74) is -0.637. The van der Waals surface area contributed by atoms with Gasteiger partial charge in [0.25, 0.3) is 0 Å². The highest BCUT2D eigenvalue weighted by molar-refractivity contribution is 5.85. The lowest BCUT2D eigenvalue weighted by Crippen LogP contribution is -2.44. The van der Waals surface area contributed by atoms with Crippen molar-refractivity contribution < 1.29 is 19.8 Å². The number of ketones is 1. The molecule has 1 rings (SSSR count). The number of carboxylic acids is 1. The van der Waals surface area contributed by atoms with Crippen LogP contribution in [0.3, 0.4) is 0 Å². The smallest absolute Gasteiger partial charge is 0.303 e. The number of hydrogen-bond donors (Lipinski definition) is 3. The van der Waals surface area contributed by atoms with E-state index in [9.17, 15) is 9.59 Å². The molecule has 0 aromatic carbocycles. The predicted octanol–water partition coefficient (Wildman–Crippen LogP) is 0.0268. The Balaban J connectivity index is 2.58. The van der Waals surface area contributed by atoms with E-state index >= 15 is 0 Å². The van der Waals surface area contributed by atoms with Gasteiger partial charge in [0, 0.05) is 17.9 Å². The zero-order valence-corrected chi connectivity index (χ0v) is 9.69. The number of hydrogen-bond acceptors (Lipinski definition) is 4. The fourth-order valence-electron chi connectivity index (χ4n) is 2.16. The summed E-state index contributed by atoms with van der Waals surface area (Å²) in [7, 11) is 0. The molecule has 0 unspecified atom stereocenters. The van der Waals surface area contributed by atoms with Crippen LogP contribution in [0.4, 0.5) is 0 Å². The maximum atomic E-state index is 11.5. The Labute approximate surface area is 94.8 Å². The number of Topliss-reactive ketones (excluding diaryl/α,β-unsaturated/α-hetero) is 1. The third-order valence-corrected chi connectivity index (χ3v) is 3.42. The van der Waals surface area contributed by atoms with Gasteiger partial charge >= 0.3 is 5.97 Å². The molecule has 1 aliphatic heterocycles.